The Hall–Kier alpha value is -1.97. The van der Waals surface area contributed by atoms with Crippen molar-refractivity contribution >= 4 is 22.6 Å². The molecule has 1 aromatic carbocycles. The number of nitrogen functional groups attached to an aromatic ring is 1. The van der Waals surface area contributed by atoms with Crippen LogP contribution in [0.25, 0.3) is 10.9 Å². The predicted octanol–water partition coefficient (Wildman–Crippen LogP) is 3.49. The zero-order valence-electron chi connectivity index (χ0n) is 11.2. The number of fused-ring (bicyclic) bond motifs is 1. The van der Waals surface area contributed by atoms with E-state index in [1.54, 1.807) is 12.3 Å². The van der Waals surface area contributed by atoms with E-state index in [0.717, 1.165) is 23.7 Å². The van der Waals surface area contributed by atoms with E-state index in [9.17, 15) is 4.79 Å². The maximum Gasteiger partial charge on any atom is 0.340 e. The second kappa shape index (κ2) is 6.27. The summed E-state index contributed by atoms with van der Waals surface area (Å²) in [5.41, 5.74) is 7.81. The molecule has 3 N–H and O–H groups in total. The second-order valence-corrected chi connectivity index (χ2v) is 4.70. The number of nitrogens with one attached hydrogen (secondary N) is 1. The molecule has 4 nitrogen and oxygen atoms in total. The average molecular weight is 260 g/mol. The number of aromatic amines is 1. The highest BCUT2D eigenvalue weighted by Crippen LogP contribution is 2.21. The van der Waals surface area contributed by atoms with Crippen molar-refractivity contribution in [3.63, 3.8) is 0 Å². The molecule has 4 heteroatoms. The molecule has 0 spiro atoms. The number of H-pyrrole nitrogens is 1. The fourth-order valence-electron chi connectivity index (χ4n) is 2.08. The standard InChI is InChI=1S/C15H20N2O2/c1-2-3-4-5-8-19-15(18)13-10-17-14-9-11(16)6-7-12(13)14/h6-7,9-10,17H,2-5,8,16H2,1H3. The monoisotopic (exact) mass is 260 g/mol. The van der Waals surface area contributed by atoms with Gasteiger partial charge in [0.25, 0.3) is 0 Å². The summed E-state index contributed by atoms with van der Waals surface area (Å²) >= 11 is 0. The number of carbonyl (C=O) groups excluding carboxylic acids is 1. The SMILES string of the molecule is CCCCCCOC(=O)c1c[nH]c2cc(N)ccc12. The van der Waals surface area contributed by atoms with Crippen LogP contribution in [0.3, 0.4) is 0 Å². The molecule has 19 heavy (non-hydrogen) atoms. The Labute approximate surface area is 112 Å². The van der Waals surface area contributed by atoms with E-state index in [0.29, 0.717) is 17.9 Å². The van der Waals surface area contributed by atoms with Gasteiger partial charge in [0.05, 0.1) is 12.2 Å². The largest absolute Gasteiger partial charge is 0.462 e. The molecule has 0 fully saturated rings. The summed E-state index contributed by atoms with van der Waals surface area (Å²) in [7, 11) is 0. The fraction of sp³-hybridized carbons (Fsp3) is 0.400. The summed E-state index contributed by atoms with van der Waals surface area (Å²) in [5.74, 6) is -0.271. The highest BCUT2D eigenvalue weighted by atomic mass is 16.5. The first-order valence-corrected chi connectivity index (χ1v) is 6.76. The van der Waals surface area contributed by atoms with Gasteiger partial charge >= 0.3 is 5.97 Å². The molecular formula is C15H20N2O2. The smallest absolute Gasteiger partial charge is 0.340 e. The van der Waals surface area contributed by atoms with Gasteiger partial charge in [-0.15, -0.1) is 0 Å². The summed E-state index contributed by atoms with van der Waals surface area (Å²) in [6.07, 6.45) is 6.07. The highest BCUT2D eigenvalue weighted by molar-refractivity contribution is 6.04. The minimum atomic E-state index is -0.271. The van der Waals surface area contributed by atoms with E-state index < -0.39 is 0 Å². The number of anilines is 1. The van der Waals surface area contributed by atoms with Gasteiger partial charge in [-0.3, -0.25) is 0 Å². The van der Waals surface area contributed by atoms with Gasteiger partial charge in [-0.05, 0) is 24.6 Å². The van der Waals surface area contributed by atoms with Crippen molar-refractivity contribution in [1.82, 2.24) is 4.98 Å². The molecule has 0 atom stereocenters. The topological polar surface area (TPSA) is 68.1 Å². The number of esters is 1. The Morgan fingerprint density at radius 3 is 2.95 bits per heavy atom. The summed E-state index contributed by atoms with van der Waals surface area (Å²) in [5, 5.41) is 0.854. The average Bonchev–Trinajstić information content (AvgIpc) is 2.81. The predicted molar refractivity (Wildman–Crippen MR) is 77.1 cm³/mol. The van der Waals surface area contributed by atoms with E-state index in [4.69, 9.17) is 10.5 Å². The lowest BCUT2D eigenvalue weighted by Gasteiger charge is -2.03. The molecule has 0 bridgehead atoms. The molecule has 102 valence electrons. The Kier molecular flexibility index (Phi) is 4.44. The molecule has 1 aromatic heterocycles. The summed E-state index contributed by atoms with van der Waals surface area (Å²) in [4.78, 5) is 15.0. The van der Waals surface area contributed by atoms with Crippen LogP contribution in [0.1, 0.15) is 43.0 Å². The lowest BCUT2D eigenvalue weighted by molar-refractivity contribution is 0.0500. The highest BCUT2D eigenvalue weighted by Gasteiger charge is 2.13. The van der Waals surface area contributed by atoms with Gasteiger partial charge in [0.15, 0.2) is 0 Å². The third-order valence-corrected chi connectivity index (χ3v) is 3.16. The first-order chi connectivity index (χ1) is 9.22. The number of unbranched alkanes of at least 4 members (excludes halogenated alkanes) is 3. The van der Waals surface area contributed by atoms with Crippen molar-refractivity contribution in [1.29, 1.82) is 0 Å². The quantitative estimate of drug-likeness (QED) is 0.474. The Balaban J connectivity index is 1.97. The molecule has 0 aliphatic rings. The van der Waals surface area contributed by atoms with Crippen LogP contribution < -0.4 is 5.73 Å². The van der Waals surface area contributed by atoms with E-state index in [-0.39, 0.29) is 5.97 Å². The molecule has 0 radical (unpaired) electrons. The first kappa shape index (κ1) is 13.5. The Morgan fingerprint density at radius 2 is 2.16 bits per heavy atom. The number of ether oxygens (including phenoxy) is 1. The van der Waals surface area contributed by atoms with E-state index in [1.807, 2.05) is 12.1 Å². The molecule has 0 saturated heterocycles. The zero-order valence-corrected chi connectivity index (χ0v) is 11.2. The van der Waals surface area contributed by atoms with Crippen molar-refractivity contribution in [2.45, 2.75) is 32.6 Å². The normalized spacial score (nSPS) is 10.8. The maximum atomic E-state index is 12.0. The number of rotatable bonds is 6. The van der Waals surface area contributed by atoms with Crippen molar-refractivity contribution in [2.24, 2.45) is 0 Å². The lowest BCUT2D eigenvalue weighted by Crippen LogP contribution is -2.05. The first-order valence-electron chi connectivity index (χ1n) is 6.76. The van der Waals surface area contributed by atoms with Gasteiger partial charge in [0, 0.05) is 22.8 Å². The van der Waals surface area contributed by atoms with Crippen LogP contribution in [-0.2, 0) is 4.74 Å². The van der Waals surface area contributed by atoms with Crippen LogP contribution in [0.4, 0.5) is 5.69 Å². The fourth-order valence-corrected chi connectivity index (χ4v) is 2.08. The molecule has 0 amide bonds. The Bertz CT molecular complexity index is 560. The minimum absolute atomic E-state index is 0.271. The molecule has 0 aliphatic carbocycles. The number of nitrogens with two attached hydrogens (primary N) is 1. The molecular weight excluding hydrogens is 240 g/mol. The summed E-state index contributed by atoms with van der Waals surface area (Å²) in [6, 6.07) is 5.44. The second-order valence-electron chi connectivity index (χ2n) is 4.70. The third-order valence-electron chi connectivity index (χ3n) is 3.16. The Morgan fingerprint density at radius 1 is 1.32 bits per heavy atom. The zero-order chi connectivity index (χ0) is 13.7. The molecule has 2 rings (SSSR count). The van der Waals surface area contributed by atoms with E-state index in [2.05, 4.69) is 11.9 Å². The molecule has 0 aliphatic heterocycles. The number of benzene rings is 1. The van der Waals surface area contributed by atoms with Gasteiger partial charge in [0.1, 0.15) is 0 Å². The number of hydrogen-bond acceptors (Lipinski definition) is 3. The summed E-state index contributed by atoms with van der Waals surface area (Å²) in [6.45, 7) is 2.64. The number of carbonyl (C=O) groups is 1. The van der Waals surface area contributed by atoms with Gasteiger partial charge in [0.2, 0.25) is 0 Å². The summed E-state index contributed by atoms with van der Waals surface area (Å²) < 4.78 is 5.28. The molecule has 0 unspecified atom stereocenters. The minimum Gasteiger partial charge on any atom is -0.462 e. The van der Waals surface area contributed by atoms with Gasteiger partial charge < -0.3 is 15.5 Å². The van der Waals surface area contributed by atoms with Gasteiger partial charge in [-0.2, -0.15) is 0 Å². The lowest BCUT2D eigenvalue weighted by atomic mass is 10.1. The van der Waals surface area contributed by atoms with Crippen LogP contribution in [0.5, 0.6) is 0 Å². The third kappa shape index (κ3) is 3.28. The van der Waals surface area contributed by atoms with Crippen molar-refractivity contribution < 1.29 is 9.53 Å². The number of aromatic nitrogens is 1. The van der Waals surface area contributed by atoms with Crippen molar-refractivity contribution in [2.75, 3.05) is 12.3 Å². The van der Waals surface area contributed by atoms with Crippen LogP contribution in [0.2, 0.25) is 0 Å². The van der Waals surface area contributed by atoms with Gasteiger partial charge in [-0.25, -0.2) is 4.79 Å². The maximum absolute atomic E-state index is 12.0. The molecule has 2 aromatic rings. The van der Waals surface area contributed by atoms with Crippen molar-refractivity contribution in [3.05, 3.63) is 30.0 Å². The van der Waals surface area contributed by atoms with Crippen LogP contribution in [-0.4, -0.2) is 17.6 Å². The van der Waals surface area contributed by atoms with Crippen molar-refractivity contribution in [3.8, 4) is 0 Å². The van der Waals surface area contributed by atoms with Crippen LogP contribution in [0.15, 0.2) is 24.4 Å². The van der Waals surface area contributed by atoms with Crippen LogP contribution in [0, 0.1) is 0 Å². The molecule has 1 heterocycles. The number of hydrogen-bond donors (Lipinski definition) is 2. The van der Waals surface area contributed by atoms with Gasteiger partial charge in [-0.1, -0.05) is 26.2 Å². The van der Waals surface area contributed by atoms with E-state index >= 15 is 0 Å². The molecule has 0 saturated carbocycles. The van der Waals surface area contributed by atoms with E-state index in [1.165, 1.54) is 12.8 Å². The van der Waals surface area contributed by atoms with Crippen LogP contribution >= 0.6 is 0 Å².